The second-order valence-corrected chi connectivity index (χ2v) is 9.20. The molecule has 12 heteroatoms. The smallest absolute Gasteiger partial charge is 0.398 e. The number of aliphatic imine (C=N–C) groups is 1. The summed E-state index contributed by atoms with van der Waals surface area (Å²) >= 11 is 6.32. The summed E-state index contributed by atoms with van der Waals surface area (Å²) in [6, 6.07) is 7.96. The van der Waals surface area contributed by atoms with Gasteiger partial charge < -0.3 is 16.4 Å². The molecule has 0 saturated carbocycles. The molecule has 0 fully saturated rings. The predicted molar refractivity (Wildman–Crippen MR) is 155 cm³/mol. The third-order valence-corrected chi connectivity index (χ3v) is 6.58. The van der Waals surface area contributed by atoms with Crippen LogP contribution >= 0.6 is 11.6 Å². The maximum atomic E-state index is 13.9. The van der Waals surface area contributed by atoms with E-state index in [0.29, 0.717) is 57.4 Å². The van der Waals surface area contributed by atoms with Crippen LogP contribution in [0.15, 0.2) is 73.0 Å². The van der Waals surface area contributed by atoms with Crippen molar-refractivity contribution in [3.05, 3.63) is 118 Å². The van der Waals surface area contributed by atoms with Crippen molar-refractivity contribution in [2.75, 3.05) is 25.1 Å². The van der Waals surface area contributed by atoms with Crippen molar-refractivity contribution in [3.8, 4) is 0 Å². The van der Waals surface area contributed by atoms with E-state index in [-0.39, 0.29) is 10.6 Å². The first-order valence-corrected chi connectivity index (χ1v) is 12.2. The van der Waals surface area contributed by atoms with E-state index in [2.05, 4.69) is 28.8 Å². The number of nitrogens with two attached hydrogens (primary N) is 1. The van der Waals surface area contributed by atoms with Crippen LogP contribution in [0, 0.1) is 11.6 Å². The highest BCUT2D eigenvalue weighted by atomic mass is 35.5. The number of nitrogens with zero attached hydrogens (tertiary/aromatic N) is 1. The number of allylic oxidation sites excluding steroid dienone is 1. The van der Waals surface area contributed by atoms with Gasteiger partial charge in [0.25, 0.3) is 0 Å². The van der Waals surface area contributed by atoms with Crippen LogP contribution < -0.4 is 16.4 Å². The Kier molecular flexibility index (Phi) is 9.33. The monoisotopic (exact) mass is 588 g/mol. The zero-order valence-corrected chi connectivity index (χ0v) is 22.7. The highest BCUT2D eigenvalue weighted by Crippen LogP contribution is 2.48. The summed E-state index contributed by atoms with van der Waals surface area (Å²) in [7, 11) is 9.93. The fraction of sp³-hybridized carbons (Fsp3) is 0.138. The number of benzene rings is 3. The molecule has 4 N–H and O–H groups in total. The first kappa shape index (κ1) is 31.4. The Bertz CT molecular complexity index is 1570. The number of rotatable bonds is 5. The average Bonchev–Trinajstić information content (AvgIpc) is 3.20. The lowest BCUT2D eigenvalue weighted by molar-refractivity contribution is -0.137. The molecule has 4 rings (SSSR count). The summed E-state index contributed by atoms with van der Waals surface area (Å²) in [5, 5.41) is 6.45. The van der Waals surface area contributed by atoms with Crippen LogP contribution in [0.4, 0.5) is 37.7 Å². The zero-order chi connectivity index (χ0) is 30.7. The molecule has 1 unspecified atom stereocenters. The molecule has 1 atom stereocenters. The van der Waals surface area contributed by atoms with Crippen molar-refractivity contribution in [2.24, 2.45) is 4.99 Å². The van der Waals surface area contributed by atoms with E-state index >= 15 is 0 Å². The Morgan fingerprint density at radius 3 is 2.39 bits per heavy atom. The van der Waals surface area contributed by atoms with E-state index < -0.39 is 28.8 Å². The Balaban J connectivity index is 0.000000298. The molecular formula is C29H24BClF6N4. The maximum absolute atomic E-state index is 13.9. The number of fused-ring (bicyclic) bond motifs is 1. The van der Waals surface area contributed by atoms with Gasteiger partial charge in [0.05, 0.1) is 23.3 Å². The zero-order valence-electron chi connectivity index (χ0n) is 21.9. The molecule has 0 aromatic heterocycles. The first-order valence-electron chi connectivity index (χ1n) is 11.8. The highest BCUT2D eigenvalue weighted by molar-refractivity contribution is 6.33. The molecule has 1 heterocycles. The molecule has 212 valence electrons. The van der Waals surface area contributed by atoms with Gasteiger partial charge in [0, 0.05) is 52.6 Å². The molecule has 0 aliphatic carbocycles. The van der Waals surface area contributed by atoms with E-state index in [1.54, 1.807) is 13.1 Å². The van der Waals surface area contributed by atoms with Crippen molar-refractivity contribution in [2.45, 2.75) is 11.6 Å². The van der Waals surface area contributed by atoms with Crippen LogP contribution in [0.1, 0.15) is 33.4 Å². The number of nitrogen functional groups attached to an aromatic ring is 1. The normalized spacial score (nSPS) is 16.6. The minimum Gasteiger partial charge on any atom is -0.398 e. The third-order valence-electron chi connectivity index (χ3n) is 6.26. The first-order chi connectivity index (χ1) is 19.2. The second kappa shape index (κ2) is 12.2. The number of anilines is 2. The fourth-order valence-corrected chi connectivity index (χ4v) is 4.70. The SMILES string of the molecule is C=Cc1cc(F)cc(C(F)(F)F)c1.[B]C1(c2cc(F)ccc2Cl)NC(=C)c2c(N)c(C(/C=C/F)=NC)cc(NC)c21. The average molecular weight is 589 g/mol. The number of halogens is 7. The lowest BCUT2D eigenvalue weighted by atomic mass is 9.67. The summed E-state index contributed by atoms with van der Waals surface area (Å²) in [5.41, 5.74) is 7.82. The van der Waals surface area contributed by atoms with Crippen LogP contribution in [0.5, 0.6) is 0 Å². The van der Waals surface area contributed by atoms with E-state index in [0.717, 1.165) is 12.1 Å². The quantitative estimate of drug-likeness (QED) is 0.126. The van der Waals surface area contributed by atoms with Gasteiger partial charge in [0.1, 0.15) is 19.5 Å². The number of alkyl halides is 3. The summed E-state index contributed by atoms with van der Waals surface area (Å²) in [6.45, 7) is 7.27. The largest absolute Gasteiger partial charge is 0.416 e. The second-order valence-electron chi connectivity index (χ2n) is 8.80. The van der Waals surface area contributed by atoms with Crippen molar-refractivity contribution in [1.82, 2.24) is 5.32 Å². The number of nitrogens with one attached hydrogen (secondary N) is 2. The molecule has 0 spiro atoms. The van der Waals surface area contributed by atoms with Gasteiger partial charge in [-0.3, -0.25) is 4.99 Å². The molecule has 0 amide bonds. The van der Waals surface area contributed by atoms with Crippen LogP contribution in [-0.4, -0.2) is 27.7 Å². The van der Waals surface area contributed by atoms with Gasteiger partial charge in [0.15, 0.2) is 0 Å². The Hall–Kier alpha value is -4.12. The number of hydrogen-bond donors (Lipinski definition) is 3. The number of hydrogen-bond acceptors (Lipinski definition) is 4. The van der Waals surface area contributed by atoms with Gasteiger partial charge in [0.2, 0.25) is 0 Å². The van der Waals surface area contributed by atoms with E-state index in [1.807, 2.05) is 0 Å². The van der Waals surface area contributed by atoms with Crippen molar-refractivity contribution in [3.63, 3.8) is 0 Å². The van der Waals surface area contributed by atoms with Gasteiger partial charge in [-0.05, 0) is 59.7 Å². The lowest BCUT2D eigenvalue weighted by Gasteiger charge is -2.31. The van der Waals surface area contributed by atoms with Gasteiger partial charge in [-0.25, -0.2) is 13.2 Å². The summed E-state index contributed by atoms with van der Waals surface area (Å²) in [4.78, 5) is 4.09. The molecule has 1 aliphatic heterocycles. The molecule has 0 saturated heterocycles. The fourth-order valence-electron chi connectivity index (χ4n) is 4.43. The Labute approximate surface area is 239 Å². The van der Waals surface area contributed by atoms with Crippen LogP contribution in [0.3, 0.4) is 0 Å². The Morgan fingerprint density at radius 1 is 1.15 bits per heavy atom. The molecular weight excluding hydrogens is 565 g/mol. The molecule has 2 radical (unpaired) electrons. The van der Waals surface area contributed by atoms with Gasteiger partial charge in [-0.15, -0.1) is 0 Å². The third kappa shape index (κ3) is 6.30. The van der Waals surface area contributed by atoms with E-state index in [1.165, 1.54) is 37.4 Å². The summed E-state index contributed by atoms with van der Waals surface area (Å²) < 4.78 is 75.6. The van der Waals surface area contributed by atoms with Gasteiger partial charge >= 0.3 is 6.18 Å². The van der Waals surface area contributed by atoms with Crippen molar-refractivity contribution < 1.29 is 26.3 Å². The van der Waals surface area contributed by atoms with E-state index in [9.17, 15) is 26.3 Å². The van der Waals surface area contributed by atoms with Gasteiger partial charge in [-0.2, -0.15) is 13.2 Å². The predicted octanol–water partition coefficient (Wildman–Crippen LogP) is 7.44. The lowest BCUT2D eigenvalue weighted by Crippen LogP contribution is -2.38. The topological polar surface area (TPSA) is 62.4 Å². The molecule has 1 aliphatic rings. The minimum absolute atomic E-state index is 0.118. The molecule has 4 nitrogen and oxygen atoms in total. The van der Waals surface area contributed by atoms with Crippen molar-refractivity contribution in [1.29, 1.82) is 0 Å². The summed E-state index contributed by atoms with van der Waals surface area (Å²) in [6.07, 6.45) is -1.75. The van der Waals surface area contributed by atoms with Gasteiger partial charge in [-0.1, -0.05) is 30.8 Å². The minimum atomic E-state index is -4.51. The maximum Gasteiger partial charge on any atom is 0.416 e. The molecule has 0 bridgehead atoms. The molecule has 3 aromatic rings. The summed E-state index contributed by atoms with van der Waals surface area (Å²) in [5.74, 6) is -1.39. The molecule has 41 heavy (non-hydrogen) atoms. The van der Waals surface area contributed by atoms with Crippen LogP contribution in [0.25, 0.3) is 11.8 Å². The highest BCUT2D eigenvalue weighted by Gasteiger charge is 2.42. The van der Waals surface area contributed by atoms with Crippen LogP contribution in [-0.2, 0) is 11.6 Å². The van der Waals surface area contributed by atoms with Crippen molar-refractivity contribution >= 4 is 48.3 Å². The Morgan fingerprint density at radius 2 is 1.83 bits per heavy atom. The van der Waals surface area contributed by atoms with Crippen LogP contribution in [0.2, 0.25) is 5.02 Å². The van der Waals surface area contributed by atoms with E-state index in [4.69, 9.17) is 25.2 Å². The standard InChI is InChI=1S/C20H18BClF2N4.C9H6F4/c1-10-17-18(20(21,28-10)13-8-11(24)4-5-14(13)22)16(27-3)9-12(19(17)25)15(26-2)6-7-23;1-2-6-3-7(9(11,12)13)5-8(10)4-6/h4-9,27-28H,1,25H2,2-3H3;2-5H,1H2/b7-6+,26-15?;. The molecule has 3 aromatic carbocycles.